The molecule has 0 amide bonds. The van der Waals surface area contributed by atoms with Gasteiger partial charge in [-0.1, -0.05) is 35.9 Å². The maximum absolute atomic E-state index is 10.8. The van der Waals surface area contributed by atoms with E-state index >= 15 is 0 Å². The van der Waals surface area contributed by atoms with Crippen LogP contribution in [0, 0.1) is 0 Å². The van der Waals surface area contributed by atoms with Gasteiger partial charge in [-0.25, -0.2) is 0 Å². The van der Waals surface area contributed by atoms with Crippen molar-refractivity contribution in [3.05, 3.63) is 58.6 Å². The van der Waals surface area contributed by atoms with Crippen molar-refractivity contribution in [3.63, 3.8) is 0 Å². The average molecular weight is 406 g/mol. The van der Waals surface area contributed by atoms with Gasteiger partial charge in [0.25, 0.3) is 0 Å². The van der Waals surface area contributed by atoms with Crippen LogP contribution < -0.4 is 14.8 Å². The predicted molar refractivity (Wildman–Crippen MR) is 106 cm³/mol. The first kappa shape index (κ1) is 20.5. The predicted octanol–water partition coefficient (Wildman–Crippen LogP) is 2.69. The first-order valence-corrected chi connectivity index (χ1v) is 9.65. The fraction of sp³-hybridized carbons (Fsp3) is 0.381. The molecular weight excluding hydrogens is 382 g/mol. The van der Waals surface area contributed by atoms with E-state index in [0.29, 0.717) is 23.9 Å². The zero-order valence-electron chi connectivity index (χ0n) is 15.4. The molecule has 3 rings (SSSR count). The molecule has 0 fully saturated rings. The SMILES string of the molecule is O=C(O)Cc1ccc2c(c1)CCC(CNCC(O)COc1ccccc1Cl)O2. The summed E-state index contributed by atoms with van der Waals surface area (Å²) in [6, 6.07) is 12.7. The summed E-state index contributed by atoms with van der Waals surface area (Å²) in [6.07, 6.45) is 1.04. The minimum absolute atomic E-state index is 0.00881. The molecular formula is C21H24ClNO5. The highest BCUT2D eigenvalue weighted by Crippen LogP contribution is 2.28. The fourth-order valence-corrected chi connectivity index (χ4v) is 3.33. The van der Waals surface area contributed by atoms with Gasteiger partial charge < -0.3 is 25.0 Å². The number of rotatable bonds is 9. The van der Waals surface area contributed by atoms with Gasteiger partial charge in [-0.05, 0) is 42.2 Å². The second-order valence-corrected chi connectivity index (χ2v) is 7.25. The number of aliphatic hydroxyl groups is 1. The van der Waals surface area contributed by atoms with Gasteiger partial charge in [-0.2, -0.15) is 0 Å². The molecule has 2 aromatic carbocycles. The molecule has 0 bridgehead atoms. The molecule has 7 heteroatoms. The third-order valence-electron chi connectivity index (χ3n) is 4.53. The highest BCUT2D eigenvalue weighted by atomic mass is 35.5. The van der Waals surface area contributed by atoms with Gasteiger partial charge in [0.05, 0.1) is 11.4 Å². The van der Waals surface area contributed by atoms with E-state index in [1.807, 2.05) is 24.3 Å². The molecule has 3 N–H and O–H groups in total. The van der Waals surface area contributed by atoms with Crippen molar-refractivity contribution in [1.29, 1.82) is 0 Å². The standard InChI is InChI=1S/C21H24ClNO5/c22-18-3-1-2-4-20(18)27-13-16(24)11-23-12-17-7-6-15-9-14(10-21(25)26)5-8-19(15)28-17/h1-5,8-9,16-17,23-24H,6-7,10-13H2,(H,25,26). The summed E-state index contributed by atoms with van der Waals surface area (Å²) in [4.78, 5) is 10.8. The Bertz CT molecular complexity index is 813. The second-order valence-electron chi connectivity index (χ2n) is 6.84. The average Bonchev–Trinajstić information content (AvgIpc) is 2.67. The lowest BCUT2D eigenvalue weighted by Gasteiger charge is -2.27. The van der Waals surface area contributed by atoms with Crippen LogP contribution in [0.4, 0.5) is 0 Å². The van der Waals surface area contributed by atoms with Crippen LogP contribution in [0.1, 0.15) is 17.5 Å². The molecule has 0 aromatic heterocycles. The molecule has 2 atom stereocenters. The van der Waals surface area contributed by atoms with Gasteiger partial charge in [-0.3, -0.25) is 4.79 Å². The van der Waals surface area contributed by atoms with E-state index < -0.39 is 12.1 Å². The number of carboxylic acids is 1. The van der Waals surface area contributed by atoms with Gasteiger partial charge in [0.1, 0.15) is 30.3 Å². The molecule has 0 aliphatic carbocycles. The highest BCUT2D eigenvalue weighted by molar-refractivity contribution is 6.32. The Balaban J connectivity index is 1.40. The lowest BCUT2D eigenvalue weighted by Crippen LogP contribution is -2.39. The number of hydrogen-bond donors (Lipinski definition) is 3. The number of hydrogen-bond acceptors (Lipinski definition) is 5. The number of fused-ring (bicyclic) bond motifs is 1. The number of aliphatic hydroxyl groups excluding tert-OH is 1. The molecule has 0 saturated heterocycles. The van der Waals surface area contributed by atoms with Crippen LogP contribution in [0.2, 0.25) is 5.02 Å². The number of halogens is 1. The summed E-state index contributed by atoms with van der Waals surface area (Å²) in [6.45, 7) is 1.14. The molecule has 28 heavy (non-hydrogen) atoms. The molecule has 0 saturated carbocycles. The van der Waals surface area contributed by atoms with Crippen molar-refractivity contribution in [2.75, 3.05) is 19.7 Å². The number of benzene rings is 2. The van der Waals surface area contributed by atoms with Gasteiger partial charge in [-0.15, -0.1) is 0 Å². The van der Waals surface area contributed by atoms with Gasteiger partial charge in [0, 0.05) is 13.1 Å². The Morgan fingerprint density at radius 3 is 2.93 bits per heavy atom. The van der Waals surface area contributed by atoms with Crippen molar-refractivity contribution in [2.24, 2.45) is 0 Å². The highest BCUT2D eigenvalue weighted by Gasteiger charge is 2.20. The minimum atomic E-state index is -0.837. The van der Waals surface area contributed by atoms with Crippen LogP contribution in [-0.2, 0) is 17.6 Å². The number of carbonyl (C=O) groups is 1. The summed E-state index contributed by atoms with van der Waals surface area (Å²) < 4.78 is 11.5. The van der Waals surface area contributed by atoms with E-state index in [9.17, 15) is 9.90 Å². The van der Waals surface area contributed by atoms with Crippen LogP contribution in [-0.4, -0.2) is 48.1 Å². The quantitative estimate of drug-likeness (QED) is 0.594. The molecule has 0 spiro atoms. The fourth-order valence-electron chi connectivity index (χ4n) is 3.14. The van der Waals surface area contributed by atoms with Crippen LogP contribution in [0.5, 0.6) is 11.5 Å². The Morgan fingerprint density at radius 1 is 1.32 bits per heavy atom. The maximum Gasteiger partial charge on any atom is 0.307 e. The zero-order valence-corrected chi connectivity index (χ0v) is 16.2. The van der Waals surface area contributed by atoms with Crippen molar-refractivity contribution >= 4 is 17.6 Å². The van der Waals surface area contributed by atoms with Crippen molar-refractivity contribution in [1.82, 2.24) is 5.32 Å². The number of ether oxygens (including phenoxy) is 2. The largest absolute Gasteiger partial charge is 0.489 e. The Morgan fingerprint density at radius 2 is 2.14 bits per heavy atom. The lowest BCUT2D eigenvalue weighted by molar-refractivity contribution is -0.136. The van der Waals surface area contributed by atoms with E-state index in [2.05, 4.69) is 5.32 Å². The summed E-state index contributed by atoms with van der Waals surface area (Å²) in [7, 11) is 0. The number of para-hydroxylation sites is 1. The van der Waals surface area contributed by atoms with Crippen LogP contribution in [0.25, 0.3) is 0 Å². The Hall–Kier alpha value is -2.28. The van der Waals surface area contributed by atoms with Gasteiger partial charge in [0.2, 0.25) is 0 Å². The zero-order chi connectivity index (χ0) is 19.9. The van der Waals surface area contributed by atoms with E-state index in [-0.39, 0.29) is 19.1 Å². The molecule has 150 valence electrons. The molecule has 2 aromatic rings. The van der Waals surface area contributed by atoms with E-state index in [4.69, 9.17) is 26.2 Å². The summed E-state index contributed by atoms with van der Waals surface area (Å²) in [5.74, 6) is 0.517. The smallest absolute Gasteiger partial charge is 0.307 e. The van der Waals surface area contributed by atoms with Crippen LogP contribution in [0.15, 0.2) is 42.5 Å². The molecule has 6 nitrogen and oxygen atoms in total. The van der Waals surface area contributed by atoms with Crippen molar-refractivity contribution < 1.29 is 24.5 Å². The molecule has 1 heterocycles. The monoisotopic (exact) mass is 405 g/mol. The second kappa shape index (κ2) is 9.78. The Kier molecular flexibility index (Phi) is 7.14. The first-order chi connectivity index (χ1) is 13.5. The number of aryl methyl sites for hydroxylation is 1. The van der Waals surface area contributed by atoms with Crippen molar-refractivity contribution in [2.45, 2.75) is 31.5 Å². The maximum atomic E-state index is 10.8. The summed E-state index contributed by atoms with van der Waals surface area (Å²) in [5, 5.41) is 22.7. The van der Waals surface area contributed by atoms with Crippen LogP contribution in [0.3, 0.4) is 0 Å². The molecule has 1 aliphatic heterocycles. The molecule has 0 radical (unpaired) electrons. The third-order valence-corrected chi connectivity index (χ3v) is 4.84. The van der Waals surface area contributed by atoms with Crippen molar-refractivity contribution in [3.8, 4) is 11.5 Å². The minimum Gasteiger partial charge on any atom is -0.489 e. The molecule has 2 unspecified atom stereocenters. The third kappa shape index (κ3) is 5.86. The summed E-state index contributed by atoms with van der Waals surface area (Å²) in [5.41, 5.74) is 1.83. The van der Waals surface area contributed by atoms with E-state index in [0.717, 1.165) is 29.7 Å². The van der Waals surface area contributed by atoms with Crippen LogP contribution >= 0.6 is 11.6 Å². The summed E-state index contributed by atoms with van der Waals surface area (Å²) >= 11 is 6.02. The number of aliphatic carboxylic acids is 1. The topological polar surface area (TPSA) is 88.0 Å². The van der Waals surface area contributed by atoms with Gasteiger partial charge >= 0.3 is 5.97 Å². The lowest BCUT2D eigenvalue weighted by atomic mass is 9.99. The number of nitrogens with one attached hydrogen (secondary N) is 1. The van der Waals surface area contributed by atoms with Gasteiger partial charge in [0.15, 0.2) is 0 Å². The van der Waals surface area contributed by atoms with E-state index in [1.165, 1.54) is 0 Å². The van der Waals surface area contributed by atoms with E-state index in [1.54, 1.807) is 18.2 Å². The normalized spacial score (nSPS) is 16.7. The first-order valence-electron chi connectivity index (χ1n) is 9.27. The Labute approximate surface area is 169 Å². The molecule has 1 aliphatic rings. The number of carboxylic acid groups (broad SMARTS) is 1.